The minimum Gasteiger partial charge on any atom is -0.219 e. The number of hydrogen-bond donors (Lipinski definition) is 0. The number of allylic oxidation sites excluding steroid dienone is 3. The molecule has 0 N–H and O–H groups in total. The molecule has 2 atom stereocenters. The number of fused-ring (bicyclic) bond motifs is 3. The monoisotopic (exact) mass is 628 g/mol. The summed E-state index contributed by atoms with van der Waals surface area (Å²) in [4.78, 5) is 6.18. The van der Waals surface area contributed by atoms with E-state index in [1.165, 1.54) is 84.4 Å². The summed E-state index contributed by atoms with van der Waals surface area (Å²) < 4.78 is 27.7. The summed E-state index contributed by atoms with van der Waals surface area (Å²) in [6.45, 7) is 22.4. The van der Waals surface area contributed by atoms with Gasteiger partial charge in [-0.25, -0.2) is 8.42 Å². The largest absolute Gasteiger partial charge is 0.219 e. The highest BCUT2D eigenvalue weighted by Crippen LogP contribution is 2.62. The fraction of sp³-hybridized carbons (Fsp3) is 0.676. The molecule has 2 aliphatic rings. The fourth-order valence-corrected chi connectivity index (χ4v) is 12.1. The maximum Gasteiger partial charge on any atom is 0.204 e. The van der Waals surface area contributed by atoms with Gasteiger partial charge in [0.1, 0.15) is 0 Å². The standard InChI is InChI=1S/C37H56O2S3/c1-11-15-17-25(13-3)23-37(24-26(14-4)18-16-12-2)27-21-29(30-19-20-32(36(8,9)10)42(30,38)39)40-33(27)34-28(37)22-31(41-34)35(5,6)7/h19-22,25-26H,11-18,23-24H2,1-10H3. The summed E-state index contributed by atoms with van der Waals surface area (Å²) in [5, 5.41) is 0. The SMILES string of the molecule is CCCCC(CC)CC1(CC(CC)CCCC)c2cc(C3=CC=C(C(C)(C)C)S3(=O)=O)sc2-c2sc(C(C)(C)C)cc21. The average Bonchev–Trinajstić information content (AvgIpc) is 3.65. The Morgan fingerprint density at radius 3 is 1.71 bits per heavy atom. The molecule has 0 fully saturated rings. The van der Waals surface area contributed by atoms with Crippen molar-refractivity contribution in [2.75, 3.05) is 0 Å². The van der Waals surface area contributed by atoms with Crippen LogP contribution in [0.5, 0.6) is 0 Å². The Labute approximate surface area is 266 Å². The zero-order chi connectivity index (χ0) is 31.1. The normalized spacial score (nSPS) is 21.2. The van der Waals surface area contributed by atoms with E-state index in [0.29, 0.717) is 21.6 Å². The van der Waals surface area contributed by atoms with Crippen molar-refractivity contribution < 1.29 is 8.42 Å². The van der Waals surface area contributed by atoms with Crippen LogP contribution < -0.4 is 0 Å². The minimum atomic E-state index is -3.50. The molecule has 3 heterocycles. The Morgan fingerprint density at radius 2 is 1.26 bits per heavy atom. The van der Waals surface area contributed by atoms with Gasteiger partial charge in [-0.05, 0) is 70.9 Å². The summed E-state index contributed by atoms with van der Waals surface area (Å²) >= 11 is 3.71. The molecule has 0 bridgehead atoms. The molecule has 2 aromatic heterocycles. The van der Waals surface area contributed by atoms with E-state index in [9.17, 15) is 8.42 Å². The first kappa shape index (κ1) is 33.7. The van der Waals surface area contributed by atoms with Crippen molar-refractivity contribution in [1.29, 1.82) is 0 Å². The minimum absolute atomic E-state index is 0.0501. The molecule has 0 spiro atoms. The smallest absolute Gasteiger partial charge is 0.204 e. The van der Waals surface area contributed by atoms with Crippen LogP contribution in [0.2, 0.25) is 0 Å². The van der Waals surface area contributed by atoms with Crippen LogP contribution in [0, 0.1) is 17.3 Å². The van der Waals surface area contributed by atoms with Crippen LogP contribution in [0.15, 0.2) is 29.2 Å². The second-order valence-electron chi connectivity index (χ2n) is 15.1. The van der Waals surface area contributed by atoms with Gasteiger partial charge in [-0.1, -0.05) is 121 Å². The molecule has 0 saturated heterocycles. The number of rotatable bonds is 13. The van der Waals surface area contributed by atoms with Gasteiger partial charge in [0, 0.05) is 24.9 Å². The lowest BCUT2D eigenvalue weighted by Crippen LogP contribution is -2.31. The molecule has 0 amide bonds. The van der Waals surface area contributed by atoms with Gasteiger partial charge in [0.25, 0.3) is 0 Å². The lowest BCUT2D eigenvalue weighted by molar-refractivity contribution is 0.266. The van der Waals surface area contributed by atoms with Gasteiger partial charge >= 0.3 is 0 Å². The van der Waals surface area contributed by atoms with Crippen molar-refractivity contribution in [1.82, 2.24) is 0 Å². The van der Waals surface area contributed by atoms with Crippen molar-refractivity contribution in [2.45, 2.75) is 144 Å². The molecule has 2 unspecified atom stereocenters. The number of thiophene rings is 2. The summed E-state index contributed by atoms with van der Waals surface area (Å²) in [6, 6.07) is 4.89. The van der Waals surface area contributed by atoms with E-state index in [0.717, 1.165) is 4.88 Å². The predicted octanol–water partition coefficient (Wildman–Crippen LogP) is 12.3. The van der Waals surface area contributed by atoms with E-state index in [2.05, 4.69) is 60.6 Å². The molecule has 1 aliphatic heterocycles. The summed E-state index contributed by atoms with van der Waals surface area (Å²) in [7, 11) is -3.50. The van der Waals surface area contributed by atoms with Gasteiger partial charge in [-0.15, -0.1) is 22.7 Å². The Balaban J connectivity index is 1.93. The van der Waals surface area contributed by atoms with E-state index >= 15 is 0 Å². The van der Waals surface area contributed by atoms with Gasteiger partial charge in [0.2, 0.25) is 9.84 Å². The first-order chi connectivity index (χ1) is 19.6. The highest BCUT2D eigenvalue weighted by Gasteiger charge is 2.49. The van der Waals surface area contributed by atoms with E-state index in [4.69, 9.17) is 0 Å². The zero-order valence-corrected chi connectivity index (χ0v) is 30.5. The number of unbranched alkanes of at least 4 members (excludes halogenated alkanes) is 2. The van der Waals surface area contributed by atoms with E-state index in [-0.39, 0.29) is 10.8 Å². The average molecular weight is 629 g/mol. The van der Waals surface area contributed by atoms with Crippen molar-refractivity contribution in [3.05, 3.63) is 50.1 Å². The molecule has 2 aromatic rings. The summed E-state index contributed by atoms with van der Waals surface area (Å²) in [6.07, 6.45) is 16.0. The Bertz CT molecular complexity index is 1400. The number of sulfone groups is 1. The third-order valence-corrected chi connectivity index (χ3v) is 15.0. The van der Waals surface area contributed by atoms with Crippen molar-refractivity contribution in [2.24, 2.45) is 17.3 Å². The van der Waals surface area contributed by atoms with Crippen LogP contribution in [-0.2, 0) is 20.7 Å². The Hall–Kier alpha value is -1.17. The number of hydrogen-bond acceptors (Lipinski definition) is 4. The quantitative estimate of drug-likeness (QED) is 0.221. The third-order valence-electron chi connectivity index (χ3n) is 9.75. The van der Waals surface area contributed by atoms with Gasteiger partial charge in [0.05, 0.1) is 9.81 Å². The van der Waals surface area contributed by atoms with Crippen LogP contribution in [0.4, 0.5) is 0 Å². The lowest BCUT2D eigenvalue weighted by atomic mass is 9.65. The van der Waals surface area contributed by atoms with Crippen LogP contribution in [0.1, 0.15) is 154 Å². The molecule has 0 aromatic carbocycles. The maximum absolute atomic E-state index is 13.9. The third kappa shape index (κ3) is 6.31. The Morgan fingerprint density at radius 1 is 0.738 bits per heavy atom. The van der Waals surface area contributed by atoms with Gasteiger partial charge in [-0.3, -0.25) is 0 Å². The molecule has 1 aliphatic carbocycles. The molecule has 0 saturated carbocycles. The maximum atomic E-state index is 13.9. The summed E-state index contributed by atoms with van der Waals surface area (Å²) in [5.41, 5.74) is 2.60. The van der Waals surface area contributed by atoms with Crippen LogP contribution in [0.25, 0.3) is 14.7 Å². The second kappa shape index (κ2) is 12.7. The predicted molar refractivity (Wildman–Crippen MR) is 187 cm³/mol. The highest BCUT2D eigenvalue weighted by molar-refractivity contribution is 8.04. The molecule has 234 valence electrons. The van der Waals surface area contributed by atoms with Crippen LogP contribution in [0.3, 0.4) is 0 Å². The van der Waals surface area contributed by atoms with Crippen molar-refractivity contribution >= 4 is 37.4 Å². The molecule has 5 heteroatoms. The second-order valence-corrected chi connectivity index (χ2v) is 19.1. The molecule has 2 nitrogen and oxygen atoms in total. The molecular formula is C37H56O2S3. The topological polar surface area (TPSA) is 34.1 Å². The van der Waals surface area contributed by atoms with Gasteiger partial charge < -0.3 is 0 Å². The van der Waals surface area contributed by atoms with Gasteiger partial charge in [0.15, 0.2) is 0 Å². The van der Waals surface area contributed by atoms with E-state index in [1.54, 1.807) is 16.9 Å². The first-order valence-electron chi connectivity index (χ1n) is 16.6. The first-order valence-corrected chi connectivity index (χ1v) is 19.7. The van der Waals surface area contributed by atoms with Crippen molar-refractivity contribution in [3.8, 4) is 9.75 Å². The van der Waals surface area contributed by atoms with E-state index < -0.39 is 15.3 Å². The Kier molecular flexibility index (Phi) is 10.2. The van der Waals surface area contributed by atoms with Crippen LogP contribution in [-0.4, -0.2) is 8.42 Å². The molecule has 0 radical (unpaired) electrons. The molecule has 4 rings (SSSR count). The summed E-state index contributed by atoms with van der Waals surface area (Å²) in [5.74, 6) is 1.33. The molecular weight excluding hydrogens is 573 g/mol. The molecule has 42 heavy (non-hydrogen) atoms. The van der Waals surface area contributed by atoms with Gasteiger partial charge in [-0.2, -0.15) is 0 Å². The van der Waals surface area contributed by atoms with E-state index in [1.807, 2.05) is 44.3 Å². The van der Waals surface area contributed by atoms with Crippen LogP contribution >= 0.6 is 22.7 Å². The fourth-order valence-electron chi connectivity index (χ4n) is 7.18. The van der Waals surface area contributed by atoms with Crippen molar-refractivity contribution in [3.63, 3.8) is 0 Å². The highest BCUT2D eigenvalue weighted by atomic mass is 32.2. The lowest BCUT2D eigenvalue weighted by Gasteiger charge is -2.38. The zero-order valence-electron chi connectivity index (χ0n) is 28.1.